The summed E-state index contributed by atoms with van der Waals surface area (Å²) in [6, 6.07) is 11.3. The van der Waals surface area contributed by atoms with Crippen molar-refractivity contribution in [2.75, 3.05) is 11.5 Å². The third-order valence-corrected chi connectivity index (χ3v) is 5.28. The highest BCUT2D eigenvalue weighted by Gasteiger charge is 2.39. The lowest BCUT2D eigenvalue weighted by molar-refractivity contribution is -0.126. The molecular weight excluding hydrogens is 364 g/mol. The van der Waals surface area contributed by atoms with Gasteiger partial charge in [0.05, 0.1) is 18.8 Å². The first-order chi connectivity index (χ1) is 13.8. The number of ether oxygens (including phenoxy) is 1. The minimum absolute atomic E-state index is 0.0927. The van der Waals surface area contributed by atoms with Gasteiger partial charge in [-0.15, -0.1) is 0 Å². The van der Waals surface area contributed by atoms with E-state index in [0.717, 1.165) is 40.1 Å². The van der Waals surface area contributed by atoms with Gasteiger partial charge in [0.2, 0.25) is 5.91 Å². The van der Waals surface area contributed by atoms with Crippen molar-refractivity contribution in [2.45, 2.75) is 53.6 Å². The van der Waals surface area contributed by atoms with Gasteiger partial charge in [0, 0.05) is 12.5 Å². The van der Waals surface area contributed by atoms with Crippen molar-refractivity contribution in [3.63, 3.8) is 0 Å². The molecule has 2 aromatic carbocycles. The smallest absolute Gasteiger partial charge is 0.254 e. The molecule has 0 fully saturated rings. The van der Waals surface area contributed by atoms with E-state index in [9.17, 15) is 9.59 Å². The Bertz CT molecular complexity index is 903. The number of carbonyl (C=O) groups is 2. The second kappa shape index (κ2) is 8.68. The number of carbonyl (C=O) groups excluding carboxylic acids is 2. The number of nitrogens with zero attached hydrogens (tertiary/aromatic N) is 1. The number of nitrogens with one attached hydrogen (secondary N) is 1. The van der Waals surface area contributed by atoms with Crippen molar-refractivity contribution in [1.29, 1.82) is 0 Å². The van der Waals surface area contributed by atoms with Crippen LogP contribution >= 0.6 is 0 Å². The van der Waals surface area contributed by atoms with Gasteiger partial charge in [-0.2, -0.15) is 0 Å². The van der Waals surface area contributed by atoms with Crippen LogP contribution in [-0.2, 0) is 16.1 Å². The first-order valence-corrected chi connectivity index (χ1v) is 10.2. The van der Waals surface area contributed by atoms with Crippen molar-refractivity contribution in [3.05, 3.63) is 58.7 Å². The van der Waals surface area contributed by atoms with E-state index >= 15 is 0 Å². The van der Waals surface area contributed by atoms with E-state index in [1.807, 2.05) is 50.2 Å². The van der Waals surface area contributed by atoms with Crippen LogP contribution in [0.1, 0.15) is 55.5 Å². The number of rotatable bonds is 7. The van der Waals surface area contributed by atoms with Crippen LogP contribution < -0.4 is 15.0 Å². The maximum Gasteiger partial charge on any atom is 0.254 e. The van der Waals surface area contributed by atoms with Crippen LogP contribution in [0.2, 0.25) is 0 Å². The molecule has 0 saturated heterocycles. The normalized spacial score (nSPS) is 15.6. The quantitative estimate of drug-likeness (QED) is 0.755. The minimum Gasteiger partial charge on any atom is -0.494 e. The predicted octanol–water partition coefficient (Wildman–Crippen LogP) is 4.45. The second-order valence-electron chi connectivity index (χ2n) is 8.19. The molecule has 3 rings (SSSR count). The summed E-state index contributed by atoms with van der Waals surface area (Å²) < 4.78 is 5.79. The zero-order valence-corrected chi connectivity index (χ0v) is 17.9. The third kappa shape index (κ3) is 4.61. The summed E-state index contributed by atoms with van der Waals surface area (Å²) in [5.41, 5.74) is 4.87. The fraction of sp³-hybridized carbons (Fsp3) is 0.417. The Labute approximate surface area is 173 Å². The monoisotopic (exact) mass is 394 g/mol. The lowest BCUT2D eigenvalue weighted by atomic mass is 9.99. The molecule has 1 heterocycles. The number of amides is 2. The van der Waals surface area contributed by atoms with Crippen molar-refractivity contribution >= 4 is 17.5 Å². The van der Waals surface area contributed by atoms with Crippen LogP contribution in [0.3, 0.4) is 0 Å². The SMILES string of the molecule is CC(=O)NC1C(=O)N(Cc2ccc(OCCC(C)C)cc2)c2c(C)ccc(C)c21. The van der Waals surface area contributed by atoms with Gasteiger partial charge in [-0.05, 0) is 55.0 Å². The van der Waals surface area contributed by atoms with Gasteiger partial charge in [-0.3, -0.25) is 9.59 Å². The molecular formula is C24H30N2O3. The Morgan fingerprint density at radius 3 is 2.38 bits per heavy atom. The van der Waals surface area contributed by atoms with Crippen LogP contribution in [-0.4, -0.2) is 18.4 Å². The van der Waals surface area contributed by atoms with Gasteiger partial charge in [-0.25, -0.2) is 0 Å². The Balaban J connectivity index is 1.82. The lowest BCUT2D eigenvalue weighted by Crippen LogP contribution is -2.36. The van der Waals surface area contributed by atoms with Gasteiger partial charge < -0.3 is 15.0 Å². The summed E-state index contributed by atoms with van der Waals surface area (Å²) in [6.45, 7) is 10.9. The van der Waals surface area contributed by atoms with E-state index < -0.39 is 6.04 Å². The van der Waals surface area contributed by atoms with Crippen LogP contribution in [0.15, 0.2) is 36.4 Å². The molecule has 0 spiro atoms. The molecule has 0 aromatic heterocycles. The van der Waals surface area contributed by atoms with Gasteiger partial charge >= 0.3 is 0 Å². The molecule has 1 atom stereocenters. The molecule has 5 heteroatoms. The van der Waals surface area contributed by atoms with E-state index in [2.05, 4.69) is 19.2 Å². The Morgan fingerprint density at radius 2 is 1.76 bits per heavy atom. The molecule has 0 saturated carbocycles. The molecule has 1 N–H and O–H groups in total. The summed E-state index contributed by atoms with van der Waals surface area (Å²) >= 11 is 0. The van der Waals surface area contributed by atoms with Crippen molar-refractivity contribution < 1.29 is 14.3 Å². The highest BCUT2D eigenvalue weighted by molar-refractivity contribution is 6.07. The fourth-order valence-electron chi connectivity index (χ4n) is 3.71. The second-order valence-corrected chi connectivity index (χ2v) is 8.19. The first-order valence-electron chi connectivity index (χ1n) is 10.2. The number of anilines is 1. The molecule has 1 aliphatic heterocycles. The largest absolute Gasteiger partial charge is 0.494 e. The molecule has 1 unspecified atom stereocenters. The molecule has 0 aliphatic carbocycles. The summed E-state index contributed by atoms with van der Waals surface area (Å²) in [4.78, 5) is 26.6. The number of fused-ring (bicyclic) bond motifs is 1. The molecule has 5 nitrogen and oxygen atoms in total. The average molecular weight is 395 g/mol. The predicted molar refractivity (Wildman–Crippen MR) is 115 cm³/mol. The standard InChI is InChI=1S/C24H30N2O3/c1-15(2)12-13-29-20-10-8-19(9-11-20)14-26-23-17(4)7-6-16(3)21(23)22(24(26)28)25-18(5)27/h6-11,15,22H,12-14H2,1-5H3,(H,25,27). The lowest BCUT2D eigenvalue weighted by Gasteiger charge is -2.20. The maximum absolute atomic E-state index is 13.2. The minimum atomic E-state index is -0.624. The van der Waals surface area contributed by atoms with E-state index in [1.54, 1.807) is 4.90 Å². The number of hydrogen-bond donors (Lipinski definition) is 1. The van der Waals surface area contributed by atoms with Gasteiger partial charge in [0.1, 0.15) is 11.8 Å². The molecule has 154 valence electrons. The van der Waals surface area contributed by atoms with Gasteiger partial charge in [-0.1, -0.05) is 38.1 Å². The van der Waals surface area contributed by atoms with Crippen LogP contribution in [0.5, 0.6) is 5.75 Å². The maximum atomic E-state index is 13.2. The number of aryl methyl sites for hydroxylation is 2. The third-order valence-electron chi connectivity index (χ3n) is 5.28. The topological polar surface area (TPSA) is 58.6 Å². The summed E-state index contributed by atoms with van der Waals surface area (Å²) in [7, 11) is 0. The summed E-state index contributed by atoms with van der Waals surface area (Å²) in [6.07, 6.45) is 1.02. The number of benzene rings is 2. The van der Waals surface area contributed by atoms with Crippen LogP contribution in [0.25, 0.3) is 0 Å². The molecule has 0 radical (unpaired) electrons. The molecule has 2 aromatic rings. The Morgan fingerprint density at radius 1 is 1.10 bits per heavy atom. The van der Waals surface area contributed by atoms with E-state index in [0.29, 0.717) is 19.1 Å². The van der Waals surface area contributed by atoms with Crippen molar-refractivity contribution in [2.24, 2.45) is 5.92 Å². The highest BCUT2D eigenvalue weighted by Crippen LogP contribution is 2.41. The Hall–Kier alpha value is -2.82. The van der Waals surface area contributed by atoms with Gasteiger partial charge in [0.15, 0.2) is 0 Å². The van der Waals surface area contributed by atoms with Crippen molar-refractivity contribution in [3.8, 4) is 5.75 Å². The summed E-state index contributed by atoms with van der Waals surface area (Å²) in [5.74, 6) is 1.15. The molecule has 2 amide bonds. The molecule has 29 heavy (non-hydrogen) atoms. The summed E-state index contributed by atoms with van der Waals surface area (Å²) in [5, 5.41) is 2.82. The fourth-order valence-corrected chi connectivity index (χ4v) is 3.71. The highest BCUT2D eigenvalue weighted by atomic mass is 16.5. The van der Waals surface area contributed by atoms with Crippen LogP contribution in [0, 0.1) is 19.8 Å². The molecule has 0 bridgehead atoms. The van der Waals surface area contributed by atoms with Crippen molar-refractivity contribution in [1.82, 2.24) is 5.32 Å². The Kier molecular flexibility index (Phi) is 6.26. The first kappa shape index (κ1) is 20.9. The zero-order chi connectivity index (χ0) is 21.1. The molecule has 1 aliphatic rings. The number of hydrogen-bond acceptors (Lipinski definition) is 3. The van der Waals surface area contributed by atoms with E-state index in [-0.39, 0.29) is 11.8 Å². The zero-order valence-electron chi connectivity index (χ0n) is 17.9. The van der Waals surface area contributed by atoms with E-state index in [1.165, 1.54) is 6.92 Å². The van der Waals surface area contributed by atoms with Crippen LogP contribution in [0.4, 0.5) is 5.69 Å². The van der Waals surface area contributed by atoms with Gasteiger partial charge in [0.25, 0.3) is 5.91 Å². The average Bonchev–Trinajstić information content (AvgIpc) is 2.92. The van der Waals surface area contributed by atoms with E-state index in [4.69, 9.17) is 4.74 Å².